The summed E-state index contributed by atoms with van der Waals surface area (Å²) in [4.78, 5) is 11.0. The fourth-order valence-electron chi connectivity index (χ4n) is 4.13. The molecule has 0 unspecified atom stereocenters. The lowest BCUT2D eigenvalue weighted by Gasteiger charge is -2.18. The summed E-state index contributed by atoms with van der Waals surface area (Å²) in [5, 5.41) is 19.5. The third-order valence-electron chi connectivity index (χ3n) is 5.90. The van der Waals surface area contributed by atoms with Gasteiger partial charge in [-0.3, -0.25) is 0 Å². The molecule has 1 rings (SSSR count). The number of aromatic hydroxyl groups is 1. The first-order valence-corrected chi connectivity index (χ1v) is 12.4. The fourth-order valence-corrected chi connectivity index (χ4v) is 4.13. The predicted octanol–water partition coefficient (Wildman–Crippen LogP) is 8.04. The van der Waals surface area contributed by atoms with Crippen LogP contribution in [0.1, 0.15) is 115 Å². The number of carbonyl (C=O) groups is 1. The molecule has 0 heterocycles. The summed E-state index contributed by atoms with van der Waals surface area (Å²) < 4.78 is 10.3. The normalized spacial score (nSPS) is 10.9. The number of hydrogen-bond donors (Lipinski definition) is 2. The largest absolute Gasteiger partial charge is 0.511 e. The van der Waals surface area contributed by atoms with Crippen molar-refractivity contribution >= 4 is 6.16 Å². The molecular formula is C26H44O5. The number of methoxy groups -OCH3 is 1. The van der Waals surface area contributed by atoms with Crippen LogP contribution in [0.5, 0.6) is 17.2 Å². The standard InChI is InChI=1S/C26H44O5/c1-4-6-8-10-12-14-16-18-21-20-23(31-26(28)29)24(27)25(30-3)22(21)19-17-15-13-11-9-7-5-2/h20,27H,4-19H2,1-3H3,(H,28,29). The van der Waals surface area contributed by atoms with E-state index in [1.807, 2.05) is 0 Å². The van der Waals surface area contributed by atoms with E-state index in [2.05, 4.69) is 13.8 Å². The highest BCUT2D eigenvalue weighted by Crippen LogP contribution is 2.42. The van der Waals surface area contributed by atoms with Crippen LogP contribution in [0, 0.1) is 0 Å². The number of benzene rings is 1. The van der Waals surface area contributed by atoms with Crippen LogP contribution < -0.4 is 9.47 Å². The Bertz CT molecular complexity index is 627. The number of phenols is 1. The summed E-state index contributed by atoms with van der Waals surface area (Å²) >= 11 is 0. The molecule has 0 spiro atoms. The number of carboxylic acid groups (broad SMARTS) is 1. The molecule has 0 atom stereocenters. The molecule has 0 bridgehead atoms. The summed E-state index contributed by atoms with van der Waals surface area (Å²) in [6.45, 7) is 4.45. The monoisotopic (exact) mass is 436 g/mol. The van der Waals surface area contributed by atoms with E-state index in [1.165, 1.54) is 71.3 Å². The maximum absolute atomic E-state index is 11.0. The molecule has 5 nitrogen and oxygen atoms in total. The molecule has 0 aliphatic carbocycles. The van der Waals surface area contributed by atoms with Gasteiger partial charge in [0.2, 0.25) is 5.75 Å². The molecule has 0 aliphatic rings. The molecule has 0 radical (unpaired) electrons. The Morgan fingerprint density at radius 1 is 0.806 bits per heavy atom. The Balaban J connectivity index is 2.79. The van der Waals surface area contributed by atoms with E-state index in [-0.39, 0.29) is 11.5 Å². The van der Waals surface area contributed by atoms with Gasteiger partial charge in [0.25, 0.3) is 0 Å². The van der Waals surface area contributed by atoms with Gasteiger partial charge in [0, 0.05) is 5.56 Å². The van der Waals surface area contributed by atoms with Crippen LogP contribution in [0.2, 0.25) is 0 Å². The van der Waals surface area contributed by atoms with Crippen LogP contribution in [0.4, 0.5) is 4.79 Å². The van der Waals surface area contributed by atoms with Crippen molar-refractivity contribution < 1.29 is 24.5 Å². The molecule has 0 saturated heterocycles. The number of unbranched alkanes of at least 4 members (excludes halogenated alkanes) is 12. The molecule has 0 aliphatic heterocycles. The van der Waals surface area contributed by atoms with Crippen molar-refractivity contribution in [2.45, 2.75) is 117 Å². The Labute approximate surface area is 189 Å². The second-order valence-corrected chi connectivity index (χ2v) is 8.50. The van der Waals surface area contributed by atoms with Gasteiger partial charge in [-0.2, -0.15) is 0 Å². The smallest absolute Gasteiger partial charge is 0.502 e. The lowest BCUT2D eigenvalue weighted by Crippen LogP contribution is -2.07. The zero-order chi connectivity index (χ0) is 22.9. The molecule has 31 heavy (non-hydrogen) atoms. The quantitative estimate of drug-likeness (QED) is 0.138. The van der Waals surface area contributed by atoms with E-state index in [0.29, 0.717) is 5.75 Å². The predicted molar refractivity (Wildman–Crippen MR) is 127 cm³/mol. The number of hydrogen-bond acceptors (Lipinski definition) is 4. The molecule has 0 fully saturated rings. The highest BCUT2D eigenvalue weighted by molar-refractivity contribution is 5.66. The van der Waals surface area contributed by atoms with Gasteiger partial charge in [-0.05, 0) is 37.3 Å². The molecule has 0 amide bonds. The minimum Gasteiger partial charge on any atom is -0.502 e. The molecule has 1 aromatic carbocycles. The van der Waals surface area contributed by atoms with E-state index in [9.17, 15) is 9.90 Å². The highest BCUT2D eigenvalue weighted by atomic mass is 16.7. The average molecular weight is 437 g/mol. The van der Waals surface area contributed by atoms with Gasteiger partial charge in [-0.25, -0.2) is 4.79 Å². The lowest BCUT2D eigenvalue weighted by molar-refractivity contribution is 0.142. The van der Waals surface area contributed by atoms with Crippen molar-refractivity contribution in [2.75, 3.05) is 7.11 Å². The summed E-state index contributed by atoms with van der Waals surface area (Å²) in [7, 11) is 1.52. The Morgan fingerprint density at radius 3 is 1.77 bits per heavy atom. The van der Waals surface area contributed by atoms with E-state index in [1.54, 1.807) is 6.07 Å². The van der Waals surface area contributed by atoms with E-state index in [4.69, 9.17) is 14.6 Å². The minimum absolute atomic E-state index is 0.0365. The number of ether oxygens (including phenoxy) is 2. The lowest BCUT2D eigenvalue weighted by atomic mass is 9.94. The molecular weight excluding hydrogens is 392 g/mol. The van der Waals surface area contributed by atoms with E-state index < -0.39 is 6.16 Å². The maximum Gasteiger partial charge on any atom is 0.511 e. The second kappa shape index (κ2) is 16.7. The fraction of sp³-hybridized carbons (Fsp3) is 0.731. The van der Waals surface area contributed by atoms with Gasteiger partial charge in [-0.15, -0.1) is 0 Å². The minimum atomic E-state index is -1.43. The molecule has 1 aromatic rings. The van der Waals surface area contributed by atoms with Crippen LogP contribution in [-0.4, -0.2) is 23.5 Å². The van der Waals surface area contributed by atoms with Gasteiger partial charge in [-0.1, -0.05) is 90.9 Å². The number of aryl methyl sites for hydroxylation is 1. The van der Waals surface area contributed by atoms with E-state index in [0.717, 1.165) is 49.7 Å². The van der Waals surface area contributed by atoms with Crippen molar-refractivity contribution in [2.24, 2.45) is 0 Å². The van der Waals surface area contributed by atoms with Crippen LogP contribution in [0.15, 0.2) is 6.07 Å². The van der Waals surface area contributed by atoms with E-state index >= 15 is 0 Å². The first-order valence-electron chi connectivity index (χ1n) is 12.4. The van der Waals surface area contributed by atoms with Gasteiger partial charge in [0.15, 0.2) is 11.5 Å². The molecule has 0 aromatic heterocycles. The Hall–Kier alpha value is -1.91. The SMILES string of the molecule is CCCCCCCCCc1cc(OC(=O)O)c(O)c(OC)c1CCCCCCCCC. The van der Waals surface area contributed by atoms with Crippen molar-refractivity contribution in [1.29, 1.82) is 0 Å². The van der Waals surface area contributed by atoms with Crippen LogP contribution in [0.3, 0.4) is 0 Å². The maximum atomic E-state index is 11.0. The molecule has 2 N–H and O–H groups in total. The summed E-state index contributed by atoms with van der Waals surface area (Å²) in [5.74, 6) is 0.111. The molecule has 0 saturated carbocycles. The third kappa shape index (κ3) is 10.8. The first kappa shape index (κ1) is 27.1. The van der Waals surface area contributed by atoms with Gasteiger partial charge in [0.05, 0.1) is 7.11 Å². The summed E-state index contributed by atoms with van der Waals surface area (Å²) in [6.07, 6.45) is 17.3. The Kier molecular flexibility index (Phi) is 14.6. The van der Waals surface area contributed by atoms with Crippen molar-refractivity contribution in [1.82, 2.24) is 0 Å². The Morgan fingerprint density at radius 2 is 1.29 bits per heavy atom. The van der Waals surface area contributed by atoms with Crippen LogP contribution >= 0.6 is 0 Å². The van der Waals surface area contributed by atoms with Crippen molar-refractivity contribution in [3.63, 3.8) is 0 Å². The van der Waals surface area contributed by atoms with Crippen LogP contribution in [0.25, 0.3) is 0 Å². The molecule has 178 valence electrons. The van der Waals surface area contributed by atoms with Crippen LogP contribution in [-0.2, 0) is 12.8 Å². The highest BCUT2D eigenvalue weighted by Gasteiger charge is 2.20. The summed E-state index contributed by atoms with van der Waals surface area (Å²) in [5.41, 5.74) is 2.03. The first-order chi connectivity index (χ1) is 15.0. The molecule has 5 heteroatoms. The van der Waals surface area contributed by atoms with Crippen molar-refractivity contribution in [3.05, 3.63) is 17.2 Å². The van der Waals surface area contributed by atoms with Crippen molar-refractivity contribution in [3.8, 4) is 17.2 Å². The van der Waals surface area contributed by atoms with Gasteiger partial charge >= 0.3 is 6.16 Å². The topological polar surface area (TPSA) is 76.0 Å². The number of phenolic OH excluding ortho intramolecular Hbond substituents is 1. The van der Waals surface area contributed by atoms with Gasteiger partial charge < -0.3 is 19.7 Å². The summed E-state index contributed by atoms with van der Waals surface area (Å²) in [6, 6.07) is 1.69. The second-order valence-electron chi connectivity index (χ2n) is 8.50. The zero-order valence-electron chi connectivity index (χ0n) is 20.0. The zero-order valence-corrected chi connectivity index (χ0v) is 20.0. The number of rotatable bonds is 18. The van der Waals surface area contributed by atoms with Gasteiger partial charge in [0.1, 0.15) is 0 Å². The average Bonchev–Trinajstić information content (AvgIpc) is 2.74. The third-order valence-corrected chi connectivity index (χ3v) is 5.90.